The van der Waals surface area contributed by atoms with Crippen molar-refractivity contribution in [3.8, 4) is 22.8 Å². The molecule has 2 heterocycles. The van der Waals surface area contributed by atoms with Crippen LogP contribution in [0.2, 0.25) is 5.02 Å². The van der Waals surface area contributed by atoms with E-state index in [-0.39, 0.29) is 28.5 Å². The van der Waals surface area contributed by atoms with Crippen LogP contribution >= 0.6 is 23.4 Å². The van der Waals surface area contributed by atoms with Crippen molar-refractivity contribution in [2.75, 3.05) is 7.11 Å². The highest BCUT2D eigenvalue weighted by atomic mass is 35.5. The van der Waals surface area contributed by atoms with E-state index in [4.69, 9.17) is 16.3 Å². The molecule has 2 aromatic heterocycles. The average Bonchev–Trinajstić information content (AvgIpc) is 3.60. The van der Waals surface area contributed by atoms with Crippen molar-refractivity contribution in [1.82, 2.24) is 30.2 Å². The van der Waals surface area contributed by atoms with Gasteiger partial charge in [0.25, 0.3) is 0 Å². The maximum atomic E-state index is 15.0. The Labute approximate surface area is 231 Å². The fraction of sp³-hybridized carbons (Fsp3) is 0.185. The molecule has 200 valence electrons. The lowest BCUT2D eigenvalue weighted by Gasteiger charge is -2.28. The van der Waals surface area contributed by atoms with Crippen molar-refractivity contribution in [1.29, 1.82) is 0 Å². The summed E-state index contributed by atoms with van der Waals surface area (Å²) in [5.41, 5.74) is 1.76. The van der Waals surface area contributed by atoms with Crippen LogP contribution in [0, 0.1) is 17.5 Å². The van der Waals surface area contributed by atoms with Gasteiger partial charge in [0, 0.05) is 28.0 Å². The second-order valence-electron chi connectivity index (χ2n) is 9.15. The van der Waals surface area contributed by atoms with Crippen molar-refractivity contribution in [3.05, 3.63) is 100 Å². The van der Waals surface area contributed by atoms with E-state index in [0.717, 1.165) is 23.0 Å². The van der Waals surface area contributed by atoms with Gasteiger partial charge in [0.2, 0.25) is 5.82 Å². The van der Waals surface area contributed by atoms with E-state index in [2.05, 4.69) is 25.6 Å². The zero-order valence-corrected chi connectivity index (χ0v) is 22.6. The second-order valence-corrected chi connectivity index (χ2v) is 10.5. The minimum absolute atomic E-state index is 0.0446. The molecule has 0 radical (unpaired) electrons. The summed E-state index contributed by atoms with van der Waals surface area (Å²) in [5, 5.41) is 14.2. The molecular weight excluding hydrogens is 549 g/mol. The summed E-state index contributed by atoms with van der Waals surface area (Å²) in [7, 11) is 1.54. The number of aromatic amines is 1. The van der Waals surface area contributed by atoms with E-state index in [1.54, 1.807) is 31.5 Å². The first-order valence-corrected chi connectivity index (χ1v) is 13.1. The molecule has 0 aliphatic heterocycles. The fourth-order valence-electron chi connectivity index (χ4n) is 4.20. The molecule has 0 saturated carbocycles. The summed E-state index contributed by atoms with van der Waals surface area (Å²) in [6, 6.07) is 13.8. The number of nitrogens with one attached hydrogen (secondary N) is 1. The molecule has 0 bridgehead atoms. The molecule has 0 saturated heterocycles. The first kappa shape index (κ1) is 26.8. The van der Waals surface area contributed by atoms with Crippen LogP contribution in [0.1, 0.15) is 30.7 Å². The molecular formula is C27H22ClF3N6OS. The number of hydrogen-bond donors (Lipinski definition) is 1. The van der Waals surface area contributed by atoms with Gasteiger partial charge in [-0.1, -0.05) is 43.3 Å². The number of ether oxygens (including phenoxy) is 1. The Morgan fingerprint density at radius 3 is 2.38 bits per heavy atom. The van der Waals surface area contributed by atoms with Gasteiger partial charge >= 0.3 is 0 Å². The second kappa shape index (κ2) is 10.7. The van der Waals surface area contributed by atoms with Crippen molar-refractivity contribution in [2.45, 2.75) is 30.2 Å². The van der Waals surface area contributed by atoms with Crippen LogP contribution in [-0.4, -0.2) is 37.3 Å². The van der Waals surface area contributed by atoms with Gasteiger partial charge in [0.15, 0.2) is 5.16 Å². The average molecular weight is 571 g/mol. The molecule has 7 nitrogen and oxygen atoms in total. The van der Waals surface area contributed by atoms with Crippen molar-refractivity contribution in [2.24, 2.45) is 0 Å². The zero-order chi connectivity index (χ0) is 27.7. The lowest BCUT2D eigenvalue weighted by Crippen LogP contribution is -2.23. The molecule has 0 atom stereocenters. The molecule has 3 aromatic carbocycles. The van der Waals surface area contributed by atoms with E-state index < -0.39 is 17.0 Å². The third-order valence-electron chi connectivity index (χ3n) is 6.42. The Morgan fingerprint density at radius 1 is 1.03 bits per heavy atom. The van der Waals surface area contributed by atoms with Gasteiger partial charge in [0.1, 0.15) is 23.2 Å². The van der Waals surface area contributed by atoms with Crippen molar-refractivity contribution in [3.63, 3.8) is 0 Å². The molecule has 0 fully saturated rings. The number of aromatic nitrogens is 6. The smallest absolute Gasteiger partial charge is 0.204 e. The maximum Gasteiger partial charge on any atom is 0.204 e. The molecule has 5 rings (SSSR count). The molecule has 5 aromatic rings. The lowest BCUT2D eigenvalue weighted by atomic mass is 9.81. The monoisotopic (exact) mass is 570 g/mol. The topological polar surface area (TPSA) is 81.5 Å². The minimum atomic E-state index is -0.740. The van der Waals surface area contributed by atoms with Gasteiger partial charge in [0.05, 0.1) is 24.0 Å². The van der Waals surface area contributed by atoms with Gasteiger partial charge in [-0.3, -0.25) is 4.57 Å². The molecule has 0 amide bonds. The van der Waals surface area contributed by atoms with Crippen molar-refractivity contribution >= 4 is 23.4 Å². The fourth-order valence-corrected chi connectivity index (χ4v) is 5.41. The van der Waals surface area contributed by atoms with Gasteiger partial charge in [-0.25, -0.2) is 18.2 Å². The normalized spacial score (nSPS) is 11.7. The van der Waals surface area contributed by atoms with Crippen LogP contribution < -0.4 is 4.74 Å². The maximum absolute atomic E-state index is 15.0. The number of thioether (sulfide) groups is 1. The highest BCUT2D eigenvalue weighted by Crippen LogP contribution is 2.39. The molecule has 0 unspecified atom stereocenters. The number of nitrogens with zero attached hydrogens (tertiary/aromatic N) is 5. The van der Waals surface area contributed by atoms with E-state index in [1.807, 2.05) is 30.5 Å². The van der Waals surface area contributed by atoms with E-state index in [0.29, 0.717) is 21.6 Å². The van der Waals surface area contributed by atoms with Gasteiger partial charge in [-0.05, 0) is 59.3 Å². The lowest BCUT2D eigenvalue weighted by molar-refractivity contribution is 0.413. The van der Waals surface area contributed by atoms with Gasteiger partial charge < -0.3 is 4.74 Å². The summed E-state index contributed by atoms with van der Waals surface area (Å²) in [4.78, 5) is 4.60. The first-order valence-electron chi connectivity index (χ1n) is 11.7. The summed E-state index contributed by atoms with van der Waals surface area (Å²) in [6.45, 7) is 4.02. The summed E-state index contributed by atoms with van der Waals surface area (Å²) >= 11 is 7.40. The minimum Gasteiger partial charge on any atom is -0.495 e. The van der Waals surface area contributed by atoms with Crippen LogP contribution in [0.4, 0.5) is 13.2 Å². The van der Waals surface area contributed by atoms with Gasteiger partial charge in [-0.2, -0.15) is 5.21 Å². The number of H-pyrrole nitrogens is 1. The Hall–Kier alpha value is -3.83. The van der Waals surface area contributed by atoms with Gasteiger partial charge in [-0.15, -0.1) is 10.2 Å². The van der Waals surface area contributed by atoms with E-state index in [1.165, 1.54) is 24.3 Å². The Bertz CT molecular complexity index is 1600. The third-order valence-corrected chi connectivity index (χ3v) is 7.71. The van der Waals surface area contributed by atoms with Crippen LogP contribution in [0.5, 0.6) is 5.75 Å². The molecule has 39 heavy (non-hydrogen) atoms. The largest absolute Gasteiger partial charge is 0.495 e. The number of imidazole rings is 1. The zero-order valence-electron chi connectivity index (χ0n) is 21.0. The SMILES string of the molecule is COc1cc(C(C)(C)c2cnc(SCc3c(F)cc(-c4nn[nH]n4)cc3F)n2-c2ccc(F)cc2)ccc1Cl. The molecule has 1 N–H and O–H groups in total. The predicted molar refractivity (Wildman–Crippen MR) is 143 cm³/mol. The Morgan fingerprint density at radius 2 is 1.74 bits per heavy atom. The summed E-state index contributed by atoms with van der Waals surface area (Å²) in [5.74, 6) is -1.30. The summed E-state index contributed by atoms with van der Waals surface area (Å²) in [6.07, 6.45) is 1.71. The number of methoxy groups -OCH3 is 1. The highest BCUT2D eigenvalue weighted by Gasteiger charge is 2.30. The van der Waals surface area contributed by atoms with E-state index in [9.17, 15) is 13.2 Å². The van der Waals surface area contributed by atoms with Crippen molar-refractivity contribution < 1.29 is 17.9 Å². The number of benzene rings is 3. The quantitative estimate of drug-likeness (QED) is 0.208. The Balaban J connectivity index is 1.53. The number of hydrogen-bond acceptors (Lipinski definition) is 6. The first-order chi connectivity index (χ1) is 18.7. The van der Waals surface area contributed by atoms with Crippen LogP contribution in [-0.2, 0) is 11.2 Å². The van der Waals surface area contributed by atoms with E-state index >= 15 is 0 Å². The molecule has 0 aliphatic carbocycles. The van der Waals surface area contributed by atoms with Crippen LogP contribution in [0.15, 0.2) is 66.0 Å². The number of halogens is 4. The van der Waals surface area contributed by atoms with Crippen LogP contribution in [0.3, 0.4) is 0 Å². The standard InChI is InChI=1S/C27H22ClF3N6OS/c1-27(2,16-4-9-20(28)23(12-16)38-3)24-13-32-26(37(24)18-7-5-17(29)6-8-18)39-14-19-21(30)10-15(11-22(19)31)25-33-35-36-34-25/h4-13H,14H2,1-3H3,(H,33,34,35,36). The number of tetrazole rings is 1. The Kier molecular flexibility index (Phi) is 7.37. The highest BCUT2D eigenvalue weighted by molar-refractivity contribution is 7.98. The molecule has 0 aliphatic rings. The van der Waals surface area contributed by atoms with Crippen LogP contribution in [0.25, 0.3) is 17.1 Å². The number of rotatable bonds is 8. The molecule has 12 heteroatoms. The summed E-state index contributed by atoms with van der Waals surface area (Å²) < 4.78 is 51.0. The molecule has 0 spiro atoms. The third kappa shape index (κ3) is 5.24. The predicted octanol–water partition coefficient (Wildman–Crippen LogP) is 6.75.